The van der Waals surface area contributed by atoms with Gasteiger partial charge >= 0.3 is 5.97 Å². The zero-order valence-electron chi connectivity index (χ0n) is 22.0. The molecule has 2 atom stereocenters. The highest BCUT2D eigenvalue weighted by Gasteiger charge is 2.46. The number of rotatable bonds is 5. The third kappa shape index (κ3) is 4.02. The SMILES string of the molecule is COC(=O)[C@H]1Cc2c([nH]c3ccccc23)[C@@H](c2ccc(C(C)C)cc2)N1C(=O)C(=O)c1c[nH]c2ccccc12. The molecular formula is C32H29N3O4. The maximum absolute atomic E-state index is 14.2. The number of carbonyl (C=O) groups is 3. The fourth-order valence-corrected chi connectivity index (χ4v) is 5.76. The standard InChI is InChI=1S/C32H29N3O4/c1-18(2)19-12-14-20(15-13-19)29-28-23(21-8-5-7-11-26(21)34-28)16-27(32(38)39-3)35(29)31(37)30(36)24-17-33-25-10-6-4-9-22(24)25/h4-15,17-18,27,29,33-34H,16H2,1-3H3/t27-,29-/m1/s1. The van der Waals surface area contributed by atoms with Gasteiger partial charge in [0.1, 0.15) is 6.04 Å². The number of fused-ring (bicyclic) bond motifs is 4. The summed E-state index contributed by atoms with van der Waals surface area (Å²) in [6.45, 7) is 4.24. The molecule has 0 saturated heterocycles. The van der Waals surface area contributed by atoms with Gasteiger partial charge in [-0.25, -0.2) is 4.79 Å². The van der Waals surface area contributed by atoms with E-state index in [0.717, 1.165) is 38.8 Å². The van der Waals surface area contributed by atoms with Gasteiger partial charge in [-0.3, -0.25) is 9.59 Å². The van der Waals surface area contributed by atoms with Crippen LogP contribution in [0.5, 0.6) is 0 Å². The second-order valence-corrected chi connectivity index (χ2v) is 10.3. The van der Waals surface area contributed by atoms with Gasteiger partial charge in [0.25, 0.3) is 11.7 Å². The summed E-state index contributed by atoms with van der Waals surface area (Å²) in [4.78, 5) is 49.2. The van der Waals surface area contributed by atoms with Crippen molar-refractivity contribution in [1.82, 2.24) is 14.9 Å². The number of aromatic amines is 2. The molecule has 196 valence electrons. The minimum Gasteiger partial charge on any atom is -0.467 e. The molecule has 1 amide bonds. The molecule has 0 spiro atoms. The second kappa shape index (κ2) is 9.58. The third-order valence-corrected chi connectivity index (χ3v) is 7.79. The Morgan fingerprint density at radius 2 is 1.56 bits per heavy atom. The Labute approximate surface area is 225 Å². The van der Waals surface area contributed by atoms with Gasteiger partial charge < -0.3 is 19.6 Å². The van der Waals surface area contributed by atoms with E-state index in [0.29, 0.717) is 11.3 Å². The number of methoxy groups -OCH3 is 1. The van der Waals surface area contributed by atoms with Crippen LogP contribution in [-0.2, 0) is 20.7 Å². The van der Waals surface area contributed by atoms with Crippen molar-refractivity contribution in [3.8, 4) is 0 Å². The molecule has 0 bridgehead atoms. The number of ketones is 1. The number of nitrogens with one attached hydrogen (secondary N) is 2. The topological polar surface area (TPSA) is 95.3 Å². The first-order valence-corrected chi connectivity index (χ1v) is 13.1. The van der Waals surface area contributed by atoms with Crippen molar-refractivity contribution in [2.75, 3.05) is 7.11 Å². The predicted molar refractivity (Wildman–Crippen MR) is 150 cm³/mol. The van der Waals surface area contributed by atoms with E-state index < -0.39 is 29.7 Å². The summed E-state index contributed by atoms with van der Waals surface area (Å²) in [5.74, 6) is -1.66. The summed E-state index contributed by atoms with van der Waals surface area (Å²) < 4.78 is 5.19. The van der Waals surface area contributed by atoms with E-state index in [1.165, 1.54) is 12.0 Å². The largest absolute Gasteiger partial charge is 0.467 e. The maximum Gasteiger partial charge on any atom is 0.328 e. The van der Waals surface area contributed by atoms with Gasteiger partial charge in [0.15, 0.2) is 0 Å². The lowest BCUT2D eigenvalue weighted by atomic mass is 9.86. The van der Waals surface area contributed by atoms with Crippen molar-refractivity contribution in [3.63, 3.8) is 0 Å². The van der Waals surface area contributed by atoms with Crippen molar-refractivity contribution < 1.29 is 19.1 Å². The quantitative estimate of drug-likeness (QED) is 0.178. The molecule has 7 heteroatoms. The highest BCUT2D eigenvalue weighted by Crippen LogP contribution is 2.42. The molecule has 6 rings (SSSR count). The minimum atomic E-state index is -0.974. The number of benzene rings is 3. The van der Waals surface area contributed by atoms with E-state index in [1.54, 1.807) is 12.3 Å². The Morgan fingerprint density at radius 3 is 2.26 bits per heavy atom. The summed E-state index contributed by atoms with van der Waals surface area (Å²) >= 11 is 0. The van der Waals surface area contributed by atoms with Crippen molar-refractivity contribution in [2.24, 2.45) is 0 Å². The van der Waals surface area contributed by atoms with Crippen LogP contribution in [0, 0.1) is 0 Å². The number of hydrogen-bond donors (Lipinski definition) is 2. The molecule has 2 N–H and O–H groups in total. The van der Waals surface area contributed by atoms with E-state index in [2.05, 4.69) is 23.8 Å². The highest BCUT2D eigenvalue weighted by atomic mass is 16.5. The van der Waals surface area contributed by atoms with Gasteiger partial charge in [-0.05, 0) is 34.7 Å². The van der Waals surface area contributed by atoms with E-state index in [1.807, 2.05) is 66.7 Å². The van der Waals surface area contributed by atoms with Crippen LogP contribution in [0.4, 0.5) is 0 Å². The van der Waals surface area contributed by atoms with Gasteiger partial charge in [0.2, 0.25) is 0 Å². The first kappa shape index (κ1) is 24.7. The first-order valence-electron chi connectivity index (χ1n) is 13.1. The van der Waals surface area contributed by atoms with Crippen molar-refractivity contribution in [1.29, 1.82) is 0 Å². The summed E-state index contributed by atoms with van der Waals surface area (Å²) in [7, 11) is 1.31. The van der Waals surface area contributed by atoms with Crippen LogP contribution in [0.3, 0.4) is 0 Å². The summed E-state index contributed by atoms with van der Waals surface area (Å²) in [5, 5.41) is 1.65. The normalized spacial score (nSPS) is 17.0. The Kier molecular flexibility index (Phi) is 6.06. The fourth-order valence-electron chi connectivity index (χ4n) is 5.76. The molecule has 0 unspecified atom stereocenters. The molecule has 5 aromatic rings. The lowest BCUT2D eigenvalue weighted by Crippen LogP contribution is -2.53. The smallest absolute Gasteiger partial charge is 0.328 e. The number of ether oxygens (including phenoxy) is 1. The molecule has 1 aliphatic rings. The lowest BCUT2D eigenvalue weighted by Gasteiger charge is -2.40. The second-order valence-electron chi connectivity index (χ2n) is 10.3. The zero-order chi connectivity index (χ0) is 27.3. The van der Waals surface area contributed by atoms with Crippen LogP contribution in [0.15, 0.2) is 79.0 Å². The molecule has 0 aliphatic carbocycles. The van der Waals surface area contributed by atoms with Crippen molar-refractivity contribution in [3.05, 3.63) is 107 Å². The predicted octanol–water partition coefficient (Wildman–Crippen LogP) is 5.67. The molecule has 3 aromatic carbocycles. The Balaban J connectivity index is 1.54. The number of nitrogens with zero attached hydrogens (tertiary/aromatic N) is 1. The van der Waals surface area contributed by atoms with E-state index >= 15 is 0 Å². The van der Waals surface area contributed by atoms with Crippen LogP contribution in [-0.4, -0.2) is 45.7 Å². The van der Waals surface area contributed by atoms with E-state index in [-0.39, 0.29) is 12.0 Å². The minimum absolute atomic E-state index is 0.236. The summed E-state index contributed by atoms with van der Waals surface area (Å²) in [6.07, 6.45) is 1.79. The molecule has 7 nitrogen and oxygen atoms in total. The number of para-hydroxylation sites is 2. The molecule has 0 radical (unpaired) electrons. The Bertz CT molecular complexity index is 1730. The Hall–Kier alpha value is -4.65. The van der Waals surface area contributed by atoms with Gasteiger partial charge in [-0.15, -0.1) is 0 Å². The Morgan fingerprint density at radius 1 is 0.897 bits per heavy atom. The first-order chi connectivity index (χ1) is 18.9. The third-order valence-electron chi connectivity index (χ3n) is 7.79. The number of H-pyrrole nitrogens is 2. The lowest BCUT2D eigenvalue weighted by molar-refractivity contribution is -0.153. The van der Waals surface area contributed by atoms with Crippen molar-refractivity contribution in [2.45, 2.75) is 38.3 Å². The van der Waals surface area contributed by atoms with Crippen LogP contribution in [0.2, 0.25) is 0 Å². The monoisotopic (exact) mass is 519 g/mol. The summed E-state index contributed by atoms with van der Waals surface area (Å²) in [5.41, 5.74) is 5.65. The number of aromatic nitrogens is 2. The fraction of sp³-hybridized carbons (Fsp3) is 0.219. The molecule has 0 fully saturated rings. The van der Waals surface area contributed by atoms with Crippen LogP contribution < -0.4 is 0 Å². The van der Waals surface area contributed by atoms with Crippen LogP contribution >= 0.6 is 0 Å². The average Bonchev–Trinajstić information content (AvgIpc) is 3.56. The highest BCUT2D eigenvalue weighted by molar-refractivity contribution is 6.45. The van der Waals surface area contributed by atoms with Crippen molar-refractivity contribution >= 4 is 39.5 Å². The van der Waals surface area contributed by atoms with E-state index in [9.17, 15) is 14.4 Å². The molecule has 0 saturated carbocycles. The molecule has 3 heterocycles. The number of esters is 1. The number of hydrogen-bond acceptors (Lipinski definition) is 4. The van der Waals surface area contributed by atoms with Gasteiger partial charge in [-0.2, -0.15) is 0 Å². The molecular weight excluding hydrogens is 490 g/mol. The van der Waals surface area contributed by atoms with Gasteiger partial charge in [-0.1, -0.05) is 74.5 Å². The van der Waals surface area contributed by atoms with Crippen LogP contribution in [0.1, 0.15) is 58.5 Å². The molecule has 2 aromatic heterocycles. The van der Waals surface area contributed by atoms with Gasteiger partial charge in [0, 0.05) is 40.1 Å². The molecule has 39 heavy (non-hydrogen) atoms. The number of carbonyl (C=O) groups excluding carboxylic acids is 3. The average molecular weight is 520 g/mol. The van der Waals surface area contributed by atoms with Gasteiger partial charge in [0.05, 0.1) is 18.7 Å². The van der Waals surface area contributed by atoms with Crippen LogP contribution in [0.25, 0.3) is 21.8 Å². The number of Topliss-reactive ketones (excluding diaryl/α,β-unsaturated/α-hetero) is 1. The summed E-state index contributed by atoms with van der Waals surface area (Å²) in [6, 6.07) is 21.6. The van der Waals surface area contributed by atoms with E-state index in [4.69, 9.17) is 4.74 Å². The number of amides is 1. The molecule has 1 aliphatic heterocycles. The maximum atomic E-state index is 14.2. The zero-order valence-corrected chi connectivity index (χ0v) is 22.0.